The van der Waals surface area contributed by atoms with Crippen LogP contribution in [0.4, 0.5) is 0 Å². The molecule has 94 valence electrons. The van der Waals surface area contributed by atoms with E-state index < -0.39 is 0 Å². The molecule has 0 bridgehead atoms. The van der Waals surface area contributed by atoms with E-state index in [-0.39, 0.29) is 6.10 Å². The largest absolute Gasteiger partial charge is 0.377 e. The van der Waals surface area contributed by atoms with E-state index in [4.69, 9.17) is 4.74 Å². The first kappa shape index (κ1) is 13.0. The Hall–Kier alpha value is -0.470. The zero-order valence-corrected chi connectivity index (χ0v) is 12.1. The first-order valence-corrected chi connectivity index (χ1v) is 7.33. The molecule has 17 heavy (non-hydrogen) atoms. The van der Waals surface area contributed by atoms with Gasteiger partial charge >= 0.3 is 0 Å². The standard InChI is InChI=1S/C15H22OS/c1-11(16-4)12-6-7-14-13(10-12)15(2,3)8-5-9-17-14/h6-7,10-11H,5,8-9H2,1-4H3. The van der Waals surface area contributed by atoms with Crippen LogP contribution in [-0.4, -0.2) is 12.9 Å². The van der Waals surface area contributed by atoms with Crippen LogP contribution in [0.15, 0.2) is 23.1 Å². The van der Waals surface area contributed by atoms with E-state index >= 15 is 0 Å². The van der Waals surface area contributed by atoms with Crippen molar-refractivity contribution in [1.29, 1.82) is 0 Å². The lowest BCUT2D eigenvalue weighted by atomic mass is 9.80. The van der Waals surface area contributed by atoms with E-state index in [1.54, 1.807) is 7.11 Å². The molecular formula is C15H22OS. The molecule has 1 aliphatic heterocycles. The Labute approximate surface area is 109 Å². The molecule has 1 aliphatic rings. The summed E-state index contributed by atoms with van der Waals surface area (Å²) in [7, 11) is 1.77. The average Bonchev–Trinajstić information content (AvgIpc) is 2.47. The summed E-state index contributed by atoms with van der Waals surface area (Å²) in [5.41, 5.74) is 3.09. The lowest BCUT2D eigenvalue weighted by Crippen LogP contribution is -2.17. The van der Waals surface area contributed by atoms with Crippen LogP contribution in [0.3, 0.4) is 0 Å². The lowest BCUT2D eigenvalue weighted by Gasteiger charge is -2.26. The molecule has 1 aromatic rings. The Bertz CT molecular complexity index is 398. The van der Waals surface area contributed by atoms with Gasteiger partial charge < -0.3 is 4.74 Å². The second-order valence-corrected chi connectivity index (χ2v) is 6.61. The maximum absolute atomic E-state index is 5.42. The Morgan fingerprint density at radius 1 is 1.35 bits per heavy atom. The van der Waals surface area contributed by atoms with Gasteiger partial charge in [-0.05, 0) is 48.1 Å². The Morgan fingerprint density at radius 3 is 2.82 bits per heavy atom. The number of hydrogen-bond acceptors (Lipinski definition) is 2. The topological polar surface area (TPSA) is 9.23 Å². The van der Waals surface area contributed by atoms with Crippen molar-refractivity contribution in [1.82, 2.24) is 0 Å². The molecule has 0 saturated heterocycles. The predicted octanol–water partition coefficient (Wildman–Crippen LogP) is 4.56. The van der Waals surface area contributed by atoms with Crippen molar-refractivity contribution in [2.75, 3.05) is 12.9 Å². The molecule has 2 heteroatoms. The number of fused-ring (bicyclic) bond motifs is 1. The van der Waals surface area contributed by atoms with Crippen LogP contribution in [0, 0.1) is 0 Å². The second-order valence-electron chi connectivity index (χ2n) is 5.47. The SMILES string of the molecule is COC(C)c1ccc2c(c1)C(C)(C)CCCS2. The van der Waals surface area contributed by atoms with Crippen LogP contribution in [-0.2, 0) is 10.2 Å². The predicted molar refractivity (Wildman–Crippen MR) is 74.9 cm³/mol. The van der Waals surface area contributed by atoms with Crippen molar-refractivity contribution in [2.45, 2.75) is 50.0 Å². The van der Waals surface area contributed by atoms with Crippen molar-refractivity contribution in [3.05, 3.63) is 29.3 Å². The van der Waals surface area contributed by atoms with E-state index in [0.29, 0.717) is 5.41 Å². The van der Waals surface area contributed by atoms with Gasteiger partial charge in [0.25, 0.3) is 0 Å². The fraction of sp³-hybridized carbons (Fsp3) is 0.600. The number of rotatable bonds is 2. The first-order valence-electron chi connectivity index (χ1n) is 6.34. The van der Waals surface area contributed by atoms with Crippen LogP contribution in [0.25, 0.3) is 0 Å². The zero-order valence-electron chi connectivity index (χ0n) is 11.2. The van der Waals surface area contributed by atoms with Gasteiger partial charge in [0.1, 0.15) is 0 Å². The third-order valence-corrected chi connectivity index (χ3v) is 4.92. The summed E-state index contributed by atoms with van der Waals surface area (Å²) in [5.74, 6) is 1.25. The van der Waals surface area contributed by atoms with Crippen molar-refractivity contribution in [3.8, 4) is 0 Å². The summed E-state index contributed by atoms with van der Waals surface area (Å²) < 4.78 is 5.42. The quantitative estimate of drug-likeness (QED) is 0.761. The van der Waals surface area contributed by atoms with Gasteiger partial charge in [-0.25, -0.2) is 0 Å². The van der Waals surface area contributed by atoms with Crippen molar-refractivity contribution < 1.29 is 4.74 Å². The van der Waals surface area contributed by atoms with Crippen LogP contribution < -0.4 is 0 Å². The fourth-order valence-corrected chi connectivity index (χ4v) is 3.59. The van der Waals surface area contributed by atoms with Crippen molar-refractivity contribution >= 4 is 11.8 Å². The summed E-state index contributed by atoms with van der Waals surface area (Å²) in [6.07, 6.45) is 2.77. The van der Waals surface area contributed by atoms with E-state index in [0.717, 1.165) is 0 Å². The van der Waals surface area contributed by atoms with E-state index in [2.05, 4.69) is 39.0 Å². The highest BCUT2D eigenvalue weighted by Crippen LogP contribution is 2.41. The van der Waals surface area contributed by atoms with Gasteiger partial charge in [-0.15, -0.1) is 11.8 Å². The van der Waals surface area contributed by atoms with Gasteiger partial charge in [-0.2, -0.15) is 0 Å². The molecule has 1 nitrogen and oxygen atoms in total. The maximum Gasteiger partial charge on any atom is 0.0793 e. The Balaban J connectivity index is 2.44. The number of methoxy groups -OCH3 is 1. The van der Waals surface area contributed by atoms with Gasteiger partial charge in [0.05, 0.1) is 6.10 Å². The summed E-state index contributed by atoms with van der Waals surface area (Å²) in [5, 5.41) is 0. The highest BCUT2D eigenvalue weighted by atomic mass is 32.2. The third kappa shape index (κ3) is 2.69. The minimum Gasteiger partial charge on any atom is -0.377 e. The molecule has 0 saturated carbocycles. The molecule has 0 fully saturated rings. The molecular weight excluding hydrogens is 228 g/mol. The summed E-state index contributed by atoms with van der Waals surface area (Å²) in [4.78, 5) is 1.46. The van der Waals surface area contributed by atoms with Gasteiger partial charge in [-0.1, -0.05) is 26.0 Å². The molecule has 0 amide bonds. The summed E-state index contributed by atoms with van der Waals surface area (Å²) >= 11 is 2.00. The number of benzene rings is 1. The van der Waals surface area contributed by atoms with Gasteiger partial charge in [-0.3, -0.25) is 0 Å². The molecule has 0 aliphatic carbocycles. The van der Waals surface area contributed by atoms with Gasteiger partial charge in [0.2, 0.25) is 0 Å². The van der Waals surface area contributed by atoms with E-state index in [9.17, 15) is 0 Å². The number of hydrogen-bond donors (Lipinski definition) is 0. The van der Waals surface area contributed by atoms with Gasteiger partial charge in [0, 0.05) is 12.0 Å². The highest BCUT2D eigenvalue weighted by Gasteiger charge is 2.26. The van der Waals surface area contributed by atoms with Crippen LogP contribution in [0.5, 0.6) is 0 Å². The monoisotopic (exact) mass is 250 g/mol. The summed E-state index contributed by atoms with van der Waals surface area (Å²) in [6.45, 7) is 6.83. The van der Waals surface area contributed by atoms with Crippen LogP contribution >= 0.6 is 11.8 Å². The third-order valence-electron chi connectivity index (χ3n) is 3.76. The molecule has 1 heterocycles. The van der Waals surface area contributed by atoms with Crippen molar-refractivity contribution in [3.63, 3.8) is 0 Å². The summed E-state index contributed by atoms with van der Waals surface area (Å²) in [6, 6.07) is 6.83. The number of ether oxygens (including phenoxy) is 1. The van der Waals surface area contributed by atoms with E-state index in [1.165, 1.54) is 34.6 Å². The molecule has 0 spiro atoms. The Morgan fingerprint density at radius 2 is 2.12 bits per heavy atom. The minimum absolute atomic E-state index is 0.185. The second kappa shape index (κ2) is 5.03. The molecule has 1 aromatic carbocycles. The average molecular weight is 250 g/mol. The van der Waals surface area contributed by atoms with Crippen molar-refractivity contribution in [2.24, 2.45) is 0 Å². The molecule has 0 N–H and O–H groups in total. The molecule has 1 atom stereocenters. The molecule has 0 aromatic heterocycles. The fourth-order valence-electron chi connectivity index (χ4n) is 2.42. The minimum atomic E-state index is 0.185. The first-order chi connectivity index (χ1) is 8.04. The maximum atomic E-state index is 5.42. The van der Waals surface area contributed by atoms with Gasteiger partial charge in [0.15, 0.2) is 0 Å². The number of thioether (sulfide) groups is 1. The normalized spacial score (nSPS) is 20.5. The molecule has 1 unspecified atom stereocenters. The Kier molecular flexibility index (Phi) is 3.84. The van der Waals surface area contributed by atoms with Crippen LogP contribution in [0.2, 0.25) is 0 Å². The smallest absolute Gasteiger partial charge is 0.0793 e. The highest BCUT2D eigenvalue weighted by molar-refractivity contribution is 7.99. The molecule has 0 radical (unpaired) electrons. The zero-order chi connectivity index (χ0) is 12.5. The van der Waals surface area contributed by atoms with Crippen LogP contribution in [0.1, 0.15) is 50.8 Å². The lowest BCUT2D eigenvalue weighted by molar-refractivity contribution is 0.119. The molecule has 2 rings (SSSR count). The van der Waals surface area contributed by atoms with E-state index in [1.807, 2.05) is 11.8 Å².